The summed E-state index contributed by atoms with van der Waals surface area (Å²) in [6.07, 6.45) is 0. The third-order valence-corrected chi connectivity index (χ3v) is 2.87. The Morgan fingerprint density at radius 3 is 2.41 bits per heavy atom. The van der Waals surface area contributed by atoms with E-state index in [-0.39, 0.29) is 0 Å². The van der Waals surface area contributed by atoms with Crippen molar-refractivity contribution in [3.63, 3.8) is 0 Å². The van der Waals surface area contributed by atoms with Crippen LogP contribution in [0.15, 0.2) is 42.5 Å². The van der Waals surface area contributed by atoms with Gasteiger partial charge in [-0.1, -0.05) is 36.4 Å². The lowest BCUT2D eigenvalue weighted by Gasteiger charge is -2.13. The minimum atomic E-state index is 0.575. The fraction of sp³-hybridized carbons (Fsp3) is 0.200. The topological polar surface area (TPSA) is 35.2 Å². The van der Waals surface area contributed by atoms with Crippen LogP contribution in [-0.4, -0.2) is 0 Å². The van der Waals surface area contributed by atoms with Crippen molar-refractivity contribution in [1.82, 2.24) is 0 Å². The number of aryl methyl sites for hydroxylation is 1. The molecule has 2 rings (SSSR count). The molecule has 2 aromatic rings. The summed E-state index contributed by atoms with van der Waals surface area (Å²) in [7, 11) is 0. The van der Waals surface area contributed by atoms with E-state index in [0.29, 0.717) is 6.61 Å². The van der Waals surface area contributed by atoms with Crippen LogP contribution in [0, 0.1) is 13.8 Å². The van der Waals surface area contributed by atoms with E-state index in [1.54, 1.807) is 0 Å². The van der Waals surface area contributed by atoms with Crippen LogP contribution in [0.2, 0.25) is 0 Å². The summed E-state index contributed by atoms with van der Waals surface area (Å²) in [5.41, 5.74) is 9.95. The van der Waals surface area contributed by atoms with E-state index >= 15 is 0 Å². The van der Waals surface area contributed by atoms with Gasteiger partial charge in [-0.15, -0.1) is 0 Å². The first-order valence-electron chi connectivity index (χ1n) is 5.71. The second-order valence-corrected chi connectivity index (χ2v) is 4.20. The molecule has 0 amide bonds. The highest BCUT2D eigenvalue weighted by Gasteiger charge is 2.06. The average Bonchev–Trinajstić information content (AvgIpc) is 2.35. The van der Waals surface area contributed by atoms with Gasteiger partial charge < -0.3 is 10.5 Å². The van der Waals surface area contributed by atoms with Crippen LogP contribution in [0.3, 0.4) is 0 Å². The maximum absolute atomic E-state index is 5.88. The van der Waals surface area contributed by atoms with Crippen LogP contribution < -0.4 is 10.5 Å². The molecule has 0 heterocycles. The van der Waals surface area contributed by atoms with E-state index in [2.05, 4.69) is 12.1 Å². The van der Waals surface area contributed by atoms with E-state index in [1.165, 1.54) is 0 Å². The van der Waals surface area contributed by atoms with Gasteiger partial charge in [-0.3, -0.25) is 0 Å². The van der Waals surface area contributed by atoms with Gasteiger partial charge in [0.25, 0.3) is 0 Å². The molecule has 2 aromatic carbocycles. The molecule has 88 valence electrons. The van der Waals surface area contributed by atoms with Gasteiger partial charge in [0.15, 0.2) is 0 Å². The highest BCUT2D eigenvalue weighted by molar-refractivity contribution is 5.56. The molecule has 0 aliphatic carbocycles. The summed E-state index contributed by atoms with van der Waals surface area (Å²) >= 11 is 0. The largest absolute Gasteiger partial charge is 0.488 e. The van der Waals surface area contributed by atoms with Crippen LogP contribution in [0.25, 0.3) is 0 Å². The van der Waals surface area contributed by atoms with E-state index in [1.807, 2.05) is 44.2 Å². The molecular formula is C15H17NO. The Morgan fingerprint density at radius 2 is 1.71 bits per heavy atom. The number of hydrogen-bond acceptors (Lipinski definition) is 2. The summed E-state index contributed by atoms with van der Waals surface area (Å²) in [5, 5.41) is 0. The average molecular weight is 227 g/mol. The maximum atomic E-state index is 5.88. The molecule has 0 aromatic heterocycles. The molecule has 0 spiro atoms. The Bertz CT molecular complexity index is 506. The Hall–Kier alpha value is -1.96. The summed E-state index contributed by atoms with van der Waals surface area (Å²) in [6, 6.07) is 14.0. The maximum Gasteiger partial charge on any atom is 0.127 e. The van der Waals surface area contributed by atoms with Crippen molar-refractivity contribution in [2.45, 2.75) is 20.5 Å². The fourth-order valence-electron chi connectivity index (χ4n) is 1.79. The highest BCUT2D eigenvalue weighted by Crippen LogP contribution is 2.28. The molecule has 0 atom stereocenters. The number of anilines is 1. The lowest BCUT2D eigenvalue weighted by Crippen LogP contribution is -2.01. The van der Waals surface area contributed by atoms with Gasteiger partial charge in [-0.2, -0.15) is 0 Å². The lowest BCUT2D eigenvalue weighted by atomic mass is 10.1. The summed E-state index contributed by atoms with van der Waals surface area (Å²) < 4.78 is 5.85. The quantitative estimate of drug-likeness (QED) is 0.815. The Kier molecular flexibility index (Phi) is 3.33. The van der Waals surface area contributed by atoms with Crippen molar-refractivity contribution in [3.05, 3.63) is 59.2 Å². The van der Waals surface area contributed by atoms with E-state index < -0.39 is 0 Å². The van der Waals surface area contributed by atoms with Crippen molar-refractivity contribution < 1.29 is 4.74 Å². The molecule has 0 unspecified atom stereocenters. The Balaban J connectivity index is 2.17. The Labute approximate surface area is 102 Å². The number of benzene rings is 2. The predicted molar refractivity (Wildman–Crippen MR) is 71.1 cm³/mol. The molecule has 0 aliphatic heterocycles. The number of nitrogens with two attached hydrogens (primary N) is 1. The van der Waals surface area contributed by atoms with Gasteiger partial charge in [-0.05, 0) is 31.0 Å². The van der Waals surface area contributed by atoms with Crippen LogP contribution in [0.5, 0.6) is 5.75 Å². The van der Waals surface area contributed by atoms with Crippen LogP contribution in [0.1, 0.15) is 16.7 Å². The number of nitrogen functional groups attached to an aromatic ring is 1. The minimum absolute atomic E-state index is 0.575. The van der Waals surface area contributed by atoms with Crippen molar-refractivity contribution >= 4 is 5.69 Å². The Morgan fingerprint density at radius 1 is 1.00 bits per heavy atom. The molecule has 0 bridgehead atoms. The smallest absolute Gasteiger partial charge is 0.127 e. The summed E-state index contributed by atoms with van der Waals surface area (Å²) in [6.45, 7) is 4.60. The SMILES string of the molecule is Cc1ccc(N)c(C)c1OCc1ccccc1. The van der Waals surface area contributed by atoms with Gasteiger partial charge >= 0.3 is 0 Å². The zero-order valence-electron chi connectivity index (χ0n) is 10.2. The van der Waals surface area contributed by atoms with Crippen molar-refractivity contribution in [1.29, 1.82) is 0 Å². The third-order valence-electron chi connectivity index (χ3n) is 2.87. The third kappa shape index (κ3) is 2.59. The van der Waals surface area contributed by atoms with Gasteiger partial charge in [0.05, 0.1) is 0 Å². The lowest BCUT2D eigenvalue weighted by molar-refractivity contribution is 0.302. The van der Waals surface area contributed by atoms with E-state index in [9.17, 15) is 0 Å². The van der Waals surface area contributed by atoms with Gasteiger partial charge in [-0.25, -0.2) is 0 Å². The standard InChI is InChI=1S/C15H17NO/c1-11-8-9-14(16)12(2)15(11)17-10-13-6-4-3-5-7-13/h3-9H,10,16H2,1-2H3. The first kappa shape index (κ1) is 11.5. The highest BCUT2D eigenvalue weighted by atomic mass is 16.5. The predicted octanol–water partition coefficient (Wildman–Crippen LogP) is 3.46. The number of ether oxygens (including phenoxy) is 1. The minimum Gasteiger partial charge on any atom is -0.488 e. The van der Waals surface area contributed by atoms with Crippen LogP contribution in [0.4, 0.5) is 5.69 Å². The monoisotopic (exact) mass is 227 g/mol. The van der Waals surface area contributed by atoms with Gasteiger partial charge in [0, 0.05) is 11.3 Å². The molecule has 2 nitrogen and oxygen atoms in total. The second-order valence-electron chi connectivity index (χ2n) is 4.20. The van der Waals surface area contributed by atoms with Crippen molar-refractivity contribution in [2.24, 2.45) is 0 Å². The molecule has 2 heteroatoms. The molecule has 0 aliphatic rings. The molecule has 0 fully saturated rings. The first-order valence-corrected chi connectivity index (χ1v) is 5.71. The molecule has 0 saturated carbocycles. The van der Waals surface area contributed by atoms with Crippen molar-refractivity contribution in [3.8, 4) is 5.75 Å². The molecule has 2 N–H and O–H groups in total. The normalized spacial score (nSPS) is 10.2. The summed E-state index contributed by atoms with van der Waals surface area (Å²) in [4.78, 5) is 0. The summed E-state index contributed by atoms with van der Waals surface area (Å²) in [5.74, 6) is 0.897. The first-order chi connectivity index (χ1) is 8.18. The fourth-order valence-corrected chi connectivity index (χ4v) is 1.79. The van der Waals surface area contributed by atoms with Gasteiger partial charge in [0.2, 0.25) is 0 Å². The zero-order valence-corrected chi connectivity index (χ0v) is 10.2. The van der Waals surface area contributed by atoms with Gasteiger partial charge in [0.1, 0.15) is 12.4 Å². The van der Waals surface area contributed by atoms with Crippen molar-refractivity contribution in [2.75, 3.05) is 5.73 Å². The van der Waals surface area contributed by atoms with E-state index in [0.717, 1.165) is 28.1 Å². The van der Waals surface area contributed by atoms with Crippen LogP contribution >= 0.6 is 0 Å². The number of hydrogen-bond donors (Lipinski definition) is 1. The molecule has 0 radical (unpaired) electrons. The number of rotatable bonds is 3. The molecule has 17 heavy (non-hydrogen) atoms. The molecule has 0 saturated heterocycles. The molecular weight excluding hydrogens is 210 g/mol. The second kappa shape index (κ2) is 4.91. The zero-order chi connectivity index (χ0) is 12.3. The van der Waals surface area contributed by atoms with Crippen LogP contribution in [-0.2, 0) is 6.61 Å². The van der Waals surface area contributed by atoms with E-state index in [4.69, 9.17) is 10.5 Å².